The molecule has 0 fully saturated rings. The summed E-state index contributed by atoms with van der Waals surface area (Å²) in [6.07, 6.45) is 1.90. The molecular formula is C17H17Cl2NS. The van der Waals surface area contributed by atoms with Crippen molar-refractivity contribution in [1.82, 2.24) is 0 Å². The first-order valence-electron chi connectivity index (χ1n) is 6.66. The number of hydrogen-bond acceptors (Lipinski definition) is 2. The summed E-state index contributed by atoms with van der Waals surface area (Å²) in [5.41, 5.74) is 2.08. The molecule has 110 valence electrons. The smallest absolute Gasteiger partial charge is 0.0501 e. The molecule has 2 aromatic carbocycles. The van der Waals surface area contributed by atoms with Gasteiger partial charge in [0.05, 0.1) is 6.04 Å². The Morgan fingerprint density at radius 3 is 2.76 bits per heavy atom. The second-order valence-corrected chi connectivity index (χ2v) is 6.53. The lowest BCUT2D eigenvalue weighted by Crippen LogP contribution is -2.08. The van der Waals surface area contributed by atoms with Gasteiger partial charge in [-0.15, -0.1) is 18.3 Å². The van der Waals surface area contributed by atoms with Gasteiger partial charge in [-0.05, 0) is 42.8 Å². The molecule has 1 atom stereocenters. The molecule has 0 bridgehead atoms. The second-order valence-electron chi connectivity index (χ2n) is 4.63. The van der Waals surface area contributed by atoms with Crippen molar-refractivity contribution in [2.75, 3.05) is 11.1 Å². The molecule has 0 aromatic heterocycles. The Morgan fingerprint density at radius 1 is 1.24 bits per heavy atom. The molecule has 0 aliphatic carbocycles. The van der Waals surface area contributed by atoms with E-state index in [4.69, 9.17) is 23.2 Å². The maximum Gasteiger partial charge on any atom is 0.0501 e. The van der Waals surface area contributed by atoms with Crippen molar-refractivity contribution in [3.05, 3.63) is 70.7 Å². The summed E-state index contributed by atoms with van der Waals surface area (Å²) in [6.45, 7) is 5.84. The summed E-state index contributed by atoms with van der Waals surface area (Å²) in [5.74, 6) is 0.880. The fraction of sp³-hybridized carbons (Fsp3) is 0.176. The Labute approximate surface area is 140 Å². The number of nitrogens with one attached hydrogen (secondary N) is 1. The number of thioether (sulfide) groups is 1. The molecule has 2 aromatic rings. The highest BCUT2D eigenvalue weighted by atomic mass is 35.5. The number of hydrogen-bond donors (Lipinski definition) is 1. The molecule has 4 heteroatoms. The number of halogens is 2. The SMILES string of the molecule is C=CCSc1ccccc1NC(C)c1cc(Cl)ccc1Cl. The van der Waals surface area contributed by atoms with E-state index in [1.165, 1.54) is 4.90 Å². The molecule has 0 radical (unpaired) electrons. The maximum atomic E-state index is 6.26. The summed E-state index contributed by atoms with van der Waals surface area (Å²) in [7, 11) is 0. The summed E-state index contributed by atoms with van der Waals surface area (Å²) in [4.78, 5) is 1.20. The van der Waals surface area contributed by atoms with Crippen LogP contribution in [-0.2, 0) is 0 Å². The first-order valence-corrected chi connectivity index (χ1v) is 8.40. The van der Waals surface area contributed by atoms with Crippen molar-refractivity contribution in [1.29, 1.82) is 0 Å². The zero-order valence-corrected chi connectivity index (χ0v) is 14.1. The Kier molecular flexibility index (Phi) is 6.04. The van der Waals surface area contributed by atoms with Crippen LogP contribution in [0, 0.1) is 0 Å². The van der Waals surface area contributed by atoms with Gasteiger partial charge in [0, 0.05) is 26.4 Å². The first kappa shape index (κ1) is 16.3. The Bertz CT molecular complexity index is 628. The molecule has 1 unspecified atom stereocenters. The number of anilines is 1. The monoisotopic (exact) mass is 337 g/mol. The van der Waals surface area contributed by atoms with E-state index in [1.807, 2.05) is 30.3 Å². The van der Waals surface area contributed by atoms with E-state index in [2.05, 4.69) is 31.0 Å². The van der Waals surface area contributed by atoms with E-state index in [0.717, 1.165) is 22.0 Å². The van der Waals surface area contributed by atoms with Gasteiger partial charge in [-0.1, -0.05) is 41.4 Å². The maximum absolute atomic E-state index is 6.26. The van der Waals surface area contributed by atoms with Crippen LogP contribution in [0.15, 0.2) is 60.0 Å². The Balaban J connectivity index is 2.21. The highest BCUT2D eigenvalue weighted by Gasteiger charge is 2.12. The number of para-hydroxylation sites is 1. The van der Waals surface area contributed by atoms with Crippen molar-refractivity contribution >= 4 is 40.7 Å². The normalized spacial score (nSPS) is 12.0. The van der Waals surface area contributed by atoms with Gasteiger partial charge < -0.3 is 5.32 Å². The third-order valence-corrected chi connectivity index (χ3v) is 4.69. The molecule has 2 rings (SSSR count). The molecule has 21 heavy (non-hydrogen) atoms. The molecule has 1 nitrogen and oxygen atoms in total. The minimum atomic E-state index is 0.0710. The molecule has 1 N–H and O–H groups in total. The minimum Gasteiger partial charge on any atom is -0.378 e. The predicted octanol–water partition coefficient (Wildman–Crippen LogP) is 6.44. The van der Waals surface area contributed by atoms with Gasteiger partial charge in [-0.25, -0.2) is 0 Å². The van der Waals surface area contributed by atoms with Crippen molar-refractivity contribution in [2.45, 2.75) is 17.9 Å². The minimum absolute atomic E-state index is 0.0710. The van der Waals surface area contributed by atoms with Gasteiger partial charge in [0.2, 0.25) is 0 Å². The average Bonchev–Trinajstić information content (AvgIpc) is 2.48. The molecule has 0 aliphatic rings. The standard InChI is InChI=1S/C17H17Cl2NS/c1-3-10-21-17-7-5-4-6-16(17)20-12(2)14-11-13(18)8-9-15(14)19/h3-9,11-12,20H,1,10H2,2H3. The van der Waals surface area contributed by atoms with Crippen LogP contribution in [0.4, 0.5) is 5.69 Å². The fourth-order valence-electron chi connectivity index (χ4n) is 2.02. The lowest BCUT2D eigenvalue weighted by molar-refractivity contribution is 0.880. The molecule has 0 saturated heterocycles. The van der Waals surface area contributed by atoms with Crippen molar-refractivity contribution in [2.24, 2.45) is 0 Å². The van der Waals surface area contributed by atoms with Crippen LogP contribution in [0.3, 0.4) is 0 Å². The van der Waals surface area contributed by atoms with Crippen LogP contribution in [0.2, 0.25) is 10.0 Å². The van der Waals surface area contributed by atoms with Crippen LogP contribution in [0.25, 0.3) is 0 Å². The summed E-state index contributed by atoms with van der Waals surface area (Å²) < 4.78 is 0. The topological polar surface area (TPSA) is 12.0 Å². The molecule has 0 saturated carbocycles. The van der Waals surface area contributed by atoms with Crippen molar-refractivity contribution < 1.29 is 0 Å². The molecule has 0 amide bonds. The van der Waals surface area contributed by atoms with Crippen LogP contribution < -0.4 is 5.32 Å². The molecule has 0 aliphatic heterocycles. The van der Waals surface area contributed by atoms with E-state index in [9.17, 15) is 0 Å². The zero-order chi connectivity index (χ0) is 15.2. The van der Waals surface area contributed by atoms with Crippen molar-refractivity contribution in [3.8, 4) is 0 Å². The molecule has 0 spiro atoms. The molecular weight excluding hydrogens is 321 g/mol. The molecule has 0 heterocycles. The van der Waals surface area contributed by atoms with Crippen LogP contribution in [0.5, 0.6) is 0 Å². The van der Waals surface area contributed by atoms with Gasteiger partial charge >= 0.3 is 0 Å². The van der Waals surface area contributed by atoms with E-state index in [-0.39, 0.29) is 6.04 Å². The number of rotatable bonds is 6. The summed E-state index contributed by atoms with van der Waals surface area (Å²) >= 11 is 14.1. The van der Waals surface area contributed by atoms with E-state index in [0.29, 0.717) is 5.02 Å². The first-order chi connectivity index (χ1) is 10.1. The lowest BCUT2D eigenvalue weighted by Gasteiger charge is -2.19. The predicted molar refractivity (Wildman–Crippen MR) is 95.9 cm³/mol. The van der Waals surface area contributed by atoms with Crippen LogP contribution in [-0.4, -0.2) is 5.75 Å². The quantitative estimate of drug-likeness (QED) is 0.480. The second kappa shape index (κ2) is 7.79. The van der Waals surface area contributed by atoms with Gasteiger partial charge in [0.15, 0.2) is 0 Å². The Hall–Kier alpha value is -1.09. The van der Waals surface area contributed by atoms with Gasteiger partial charge in [0.25, 0.3) is 0 Å². The van der Waals surface area contributed by atoms with Gasteiger partial charge in [-0.2, -0.15) is 0 Å². The third-order valence-electron chi connectivity index (χ3n) is 3.04. The summed E-state index contributed by atoms with van der Waals surface area (Å²) in [6, 6.07) is 13.8. The highest BCUT2D eigenvalue weighted by molar-refractivity contribution is 7.99. The lowest BCUT2D eigenvalue weighted by atomic mass is 10.1. The average molecular weight is 338 g/mol. The third kappa shape index (κ3) is 4.44. The summed E-state index contributed by atoms with van der Waals surface area (Å²) in [5, 5.41) is 4.92. The van der Waals surface area contributed by atoms with E-state index in [1.54, 1.807) is 17.8 Å². The fourth-order valence-corrected chi connectivity index (χ4v) is 3.23. The zero-order valence-electron chi connectivity index (χ0n) is 11.8. The highest BCUT2D eigenvalue weighted by Crippen LogP contribution is 2.32. The Morgan fingerprint density at radius 2 is 2.00 bits per heavy atom. The van der Waals surface area contributed by atoms with Crippen LogP contribution >= 0.6 is 35.0 Å². The van der Waals surface area contributed by atoms with Gasteiger partial charge in [-0.3, -0.25) is 0 Å². The largest absolute Gasteiger partial charge is 0.378 e. The number of benzene rings is 2. The van der Waals surface area contributed by atoms with E-state index < -0.39 is 0 Å². The van der Waals surface area contributed by atoms with Gasteiger partial charge in [0.1, 0.15) is 0 Å². The van der Waals surface area contributed by atoms with Crippen molar-refractivity contribution in [3.63, 3.8) is 0 Å². The van der Waals surface area contributed by atoms with Crippen LogP contribution in [0.1, 0.15) is 18.5 Å². The van der Waals surface area contributed by atoms with E-state index >= 15 is 0 Å².